The van der Waals surface area contributed by atoms with Crippen LogP contribution in [0.5, 0.6) is 0 Å². The van der Waals surface area contributed by atoms with E-state index in [1.165, 1.54) is 4.88 Å². The maximum atomic E-state index is 12.9. The van der Waals surface area contributed by atoms with Crippen LogP contribution < -0.4 is 0 Å². The first-order valence-electron chi connectivity index (χ1n) is 9.34. The van der Waals surface area contributed by atoms with Crippen LogP contribution in [0.1, 0.15) is 31.6 Å². The van der Waals surface area contributed by atoms with Crippen molar-refractivity contribution in [2.75, 3.05) is 39.3 Å². The van der Waals surface area contributed by atoms with Gasteiger partial charge < -0.3 is 9.80 Å². The van der Waals surface area contributed by atoms with Crippen molar-refractivity contribution in [1.29, 1.82) is 0 Å². The Hall–Kier alpha value is -1.40. The highest BCUT2D eigenvalue weighted by Crippen LogP contribution is 2.22. The van der Waals surface area contributed by atoms with Crippen LogP contribution >= 0.6 is 11.3 Å². The smallest absolute Gasteiger partial charge is 0.228 e. The van der Waals surface area contributed by atoms with Gasteiger partial charge in [-0.1, -0.05) is 19.9 Å². The zero-order valence-electron chi connectivity index (χ0n) is 15.3. The number of hydrogen-bond donors (Lipinski definition) is 0. The highest BCUT2D eigenvalue weighted by molar-refractivity contribution is 7.09. The molecule has 1 atom stereocenters. The predicted octanol–water partition coefficient (Wildman–Crippen LogP) is 2.29. The van der Waals surface area contributed by atoms with Crippen LogP contribution in [0.2, 0.25) is 0 Å². The monoisotopic (exact) mass is 363 g/mol. The summed E-state index contributed by atoms with van der Waals surface area (Å²) in [7, 11) is 0. The second-order valence-electron chi connectivity index (χ2n) is 7.63. The quantitative estimate of drug-likeness (QED) is 0.806. The van der Waals surface area contributed by atoms with Crippen LogP contribution in [-0.2, 0) is 16.1 Å². The molecule has 1 aromatic heterocycles. The molecule has 2 saturated heterocycles. The molecule has 0 N–H and O–H groups in total. The fourth-order valence-electron chi connectivity index (χ4n) is 3.79. The van der Waals surface area contributed by atoms with Crippen molar-refractivity contribution in [3.63, 3.8) is 0 Å². The highest BCUT2D eigenvalue weighted by atomic mass is 32.1. The first kappa shape index (κ1) is 18.4. The van der Waals surface area contributed by atoms with E-state index >= 15 is 0 Å². The third-order valence-electron chi connectivity index (χ3n) is 5.01. The second-order valence-corrected chi connectivity index (χ2v) is 8.66. The summed E-state index contributed by atoms with van der Waals surface area (Å²) in [6, 6.07) is 4.26. The van der Waals surface area contributed by atoms with Gasteiger partial charge in [-0.05, 0) is 23.8 Å². The minimum Gasteiger partial charge on any atom is -0.342 e. The third kappa shape index (κ3) is 4.82. The Balaban J connectivity index is 1.52. The molecule has 3 heterocycles. The topological polar surface area (TPSA) is 43.9 Å². The average Bonchev–Trinajstić information content (AvgIpc) is 3.12. The van der Waals surface area contributed by atoms with E-state index in [1.54, 1.807) is 11.3 Å². The van der Waals surface area contributed by atoms with Crippen LogP contribution in [0.3, 0.4) is 0 Å². The molecule has 2 aliphatic rings. The van der Waals surface area contributed by atoms with Crippen LogP contribution in [-0.4, -0.2) is 65.8 Å². The van der Waals surface area contributed by atoms with E-state index in [1.807, 2.05) is 9.80 Å². The summed E-state index contributed by atoms with van der Waals surface area (Å²) < 4.78 is 0. The summed E-state index contributed by atoms with van der Waals surface area (Å²) >= 11 is 1.79. The van der Waals surface area contributed by atoms with E-state index in [9.17, 15) is 9.59 Å². The number of carbonyl (C=O) groups is 2. The Morgan fingerprint density at radius 2 is 2.12 bits per heavy atom. The lowest BCUT2D eigenvalue weighted by Crippen LogP contribution is -2.40. The van der Waals surface area contributed by atoms with Crippen molar-refractivity contribution < 1.29 is 9.59 Å². The fourth-order valence-corrected chi connectivity index (χ4v) is 4.53. The Morgan fingerprint density at radius 3 is 2.84 bits per heavy atom. The summed E-state index contributed by atoms with van der Waals surface area (Å²) in [5, 5.41) is 2.11. The standard InChI is InChI=1S/C19H29N3O2S/c1-15(2)12-22-13-16(11-18(22)23)19(24)21-7-4-6-20(8-9-21)14-17-5-3-10-25-17/h3,5,10,15-16H,4,6-9,11-14H2,1-2H3. The molecule has 0 radical (unpaired) electrons. The molecule has 2 aliphatic heterocycles. The van der Waals surface area contributed by atoms with Gasteiger partial charge in [0, 0.05) is 57.1 Å². The van der Waals surface area contributed by atoms with Crippen molar-refractivity contribution >= 4 is 23.2 Å². The molecule has 0 aromatic carbocycles. The molecule has 0 spiro atoms. The number of rotatable bonds is 5. The second kappa shape index (κ2) is 8.32. The van der Waals surface area contributed by atoms with E-state index in [0.29, 0.717) is 18.9 Å². The van der Waals surface area contributed by atoms with Crippen LogP contribution in [0.4, 0.5) is 0 Å². The predicted molar refractivity (Wildman–Crippen MR) is 100 cm³/mol. The zero-order chi connectivity index (χ0) is 17.8. The maximum Gasteiger partial charge on any atom is 0.228 e. The summed E-state index contributed by atoms with van der Waals surface area (Å²) in [4.78, 5) is 32.7. The average molecular weight is 364 g/mol. The first-order chi connectivity index (χ1) is 12.0. The molecule has 0 aliphatic carbocycles. The number of amides is 2. The molecule has 138 valence electrons. The van der Waals surface area contributed by atoms with E-state index in [0.717, 1.165) is 45.7 Å². The van der Waals surface area contributed by atoms with Crippen LogP contribution in [0.25, 0.3) is 0 Å². The molecular formula is C19H29N3O2S. The van der Waals surface area contributed by atoms with Gasteiger partial charge in [-0.15, -0.1) is 11.3 Å². The van der Waals surface area contributed by atoms with Crippen LogP contribution in [0.15, 0.2) is 17.5 Å². The van der Waals surface area contributed by atoms with E-state index in [-0.39, 0.29) is 17.7 Å². The molecule has 5 nitrogen and oxygen atoms in total. The van der Waals surface area contributed by atoms with Crippen molar-refractivity contribution in [2.45, 2.75) is 33.2 Å². The molecule has 2 amide bonds. The molecule has 2 fully saturated rings. The maximum absolute atomic E-state index is 12.9. The van der Waals surface area contributed by atoms with Crippen LogP contribution in [0, 0.1) is 11.8 Å². The van der Waals surface area contributed by atoms with E-state index in [4.69, 9.17) is 0 Å². The van der Waals surface area contributed by atoms with Gasteiger partial charge in [-0.25, -0.2) is 0 Å². The third-order valence-corrected chi connectivity index (χ3v) is 5.87. The van der Waals surface area contributed by atoms with Gasteiger partial charge in [-0.3, -0.25) is 14.5 Å². The number of hydrogen-bond acceptors (Lipinski definition) is 4. The normalized spacial score (nSPS) is 22.7. The summed E-state index contributed by atoms with van der Waals surface area (Å²) in [6.07, 6.45) is 1.40. The van der Waals surface area contributed by atoms with Gasteiger partial charge in [0.05, 0.1) is 5.92 Å². The van der Waals surface area contributed by atoms with E-state index in [2.05, 4.69) is 36.3 Å². The Morgan fingerprint density at radius 1 is 1.28 bits per heavy atom. The SMILES string of the molecule is CC(C)CN1CC(C(=O)N2CCCN(Cc3cccs3)CC2)CC1=O. The lowest BCUT2D eigenvalue weighted by atomic mass is 10.1. The fraction of sp³-hybridized carbons (Fsp3) is 0.684. The summed E-state index contributed by atoms with van der Waals surface area (Å²) in [6.45, 7) is 10.1. The number of thiophene rings is 1. The van der Waals surface area contributed by atoms with Gasteiger partial charge in [0.2, 0.25) is 11.8 Å². The van der Waals surface area contributed by atoms with Gasteiger partial charge in [0.1, 0.15) is 0 Å². The molecule has 1 aromatic rings. The Bertz CT molecular complexity index is 587. The molecule has 0 saturated carbocycles. The van der Waals surface area contributed by atoms with Crippen molar-refractivity contribution in [1.82, 2.24) is 14.7 Å². The van der Waals surface area contributed by atoms with E-state index < -0.39 is 0 Å². The molecule has 0 bridgehead atoms. The van der Waals surface area contributed by atoms with Gasteiger partial charge in [0.25, 0.3) is 0 Å². The van der Waals surface area contributed by atoms with Gasteiger partial charge in [-0.2, -0.15) is 0 Å². The van der Waals surface area contributed by atoms with Crippen molar-refractivity contribution in [3.05, 3.63) is 22.4 Å². The lowest BCUT2D eigenvalue weighted by Gasteiger charge is -2.25. The summed E-state index contributed by atoms with van der Waals surface area (Å²) in [5.74, 6) is 0.621. The Kier molecular flexibility index (Phi) is 6.12. The molecular weight excluding hydrogens is 334 g/mol. The van der Waals surface area contributed by atoms with Gasteiger partial charge >= 0.3 is 0 Å². The first-order valence-corrected chi connectivity index (χ1v) is 10.2. The number of nitrogens with zero attached hydrogens (tertiary/aromatic N) is 3. The zero-order valence-corrected chi connectivity index (χ0v) is 16.1. The molecule has 6 heteroatoms. The van der Waals surface area contributed by atoms with Crippen molar-refractivity contribution in [2.24, 2.45) is 11.8 Å². The molecule has 1 unspecified atom stereocenters. The largest absolute Gasteiger partial charge is 0.342 e. The highest BCUT2D eigenvalue weighted by Gasteiger charge is 2.36. The number of likely N-dealkylation sites (tertiary alicyclic amines) is 1. The van der Waals surface area contributed by atoms with Gasteiger partial charge in [0.15, 0.2) is 0 Å². The number of carbonyl (C=O) groups excluding carboxylic acids is 2. The Labute approximate surface area is 154 Å². The lowest BCUT2D eigenvalue weighted by molar-refractivity contribution is -0.135. The minimum atomic E-state index is -0.143. The minimum absolute atomic E-state index is 0.140. The molecule has 25 heavy (non-hydrogen) atoms. The molecule has 3 rings (SSSR count). The summed E-state index contributed by atoms with van der Waals surface area (Å²) in [5.41, 5.74) is 0. The van der Waals surface area contributed by atoms with Crippen molar-refractivity contribution in [3.8, 4) is 0 Å².